The van der Waals surface area contributed by atoms with E-state index >= 15 is 0 Å². The van der Waals surface area contributed by atoms with Crippen LogP contribution in [0.25, 0.3) is 0 Å². The Morgan fingerprint density at radius 1 is 0.909 bits per heavy atom. The minimum atomic E-state index is -0.270. The van der Waals surface area contributed by atoms with E-state index in [9.17, 15) is 4.39 Å². The molecule has 0 bridgehead atoms. The normalized spacial score (nSPS) is 12.0. The van der Waals surface area contributed by atoms with E-state index in [1.165, 1.54) is 76.5 Å². The van der Waals surface area contributed by atoms with Gasteiger partial charge in [0, 0.05) is 6.07 Å². The zero-order valence-corrected chi connectivity index (χ0v) is 14.9. The molecule has 128 valence electrons. The summed E-state index contributed by atoms with van der Waals surface area (Å²) in [6.07, 6.45) is 14.8. The van der Waals surface area contributed by atoms with Crippen LogP contribution in [-0.2, 0) is 6.54 Å². The topological polar surface area (TPSA) is 13.1 Å². The van der Waals surface area contributed by atoms with Crippen molar-refractivity contribution in [1.29, 1.82) is 0 Å². The Morgan fingerprint density at radius 2 is 1.45 bits per heavy atom. The summed E-state index contributed by atoms with van der Waals surface area (Å²) < 4.78 is 19.0. The summed E-state index contributed by atoms with van der Waals surface area (Å²) in [5, 5.41) is 0. The SMILES string of the molecule is CCCCCCCCCCCC[N+](C)(C)Cc1cc(F)co1. The lowest BCUT2D eigenvalue weighted by atomic mass is 10.1. The highest BCUT2D eigenvalue weighted by Gasteiger charge is 2.17. The van der Waals surface area contributed by atoms with Crippen LogP contribution in [0.2, 0.25) is 0 Å². The third-order valence-electron chi connectivity index (χ3n) is 4.32. The van der Waals surface area contributed by atoms with Crippen LogP contribution in [0.4, 0.5) is 4.39 Å². The largest absolute Gasteiger partial charge is 0.460 e. The summed E-state index contributed by atoms with van der Waals surface area (Å²) in [6, 6.07) is 1.50. The van der Waals surface area contributed by atoms with Gasteiger partial charge >= 0.3 is 0 Å². The van der Waals surface area contributed by atoms with E-state index < -0.39 is 0 Å². The molecule has 0 fully saturated rings. The van der Waals surface area contributed by atoms with Crippen LogP contribution in [0.1, 0.15) is 76.9 Å². The molecule has 0 radical (unpaired) electrons. The van der Waals surface area contributed by atoms with Gasteiger partial charge in [-0.2, -0.15) is 0 Å². The molecule has 0 aromatic carbocycles. The predicted octanol–water partition coefficient (Wildman–Crippen LogP) is 5.92. The number of hydrogen-bond donors (Lipinski definition) is 0. The first-order chi connectivity index (χ1) is 10.5. The number of furan rings is 1. The molecule has 1 rings (SSSR count). The molecule has 0 N–H and O–H groups in total. The summed E-state index contributed by atoms with van der Waals surface area (Å²) in [7, 11) is 4.38. The summed E-state index contributed by atoms with van der Waals surface area (Å²) in [6.45, 7) is 4.16. The van der Waals surface area contributed by atoms with Crippen molar-refractivity contribution in [3.05, 3.63) is 23.9 Å². The molecule has 1 heterocycles. The summed E-state index contributed by atoms with van der Waals surface area (Å²) >= 11 is 0. The number of quaternary nitrogens is 1. The maximum absolute atomic E-state index is 12.9. The van der Waals surface area contributed by atoms with Crippen molar-refractivity contribution < 1.29 is 13.3 Å². The van der Waals surface area contributed by atoms with Crippen molar-refractivity contribution in [1.82, 2.24) is 0 Å². The molecule has 0 unspecified atom stereocenters. The first-order valence-electron chi connectivity index (χ1n) is 9.08. The average molecular weight is 312 g/mol. The fourth-order valence-electron chi connectivity index (χ4n) is 2.96. The first-order valence-corrected chi connectivity index (χ1v) is 9.08. The third-order valence-corrected chi connectivity index (χ3v) is 4.32. The monoisotopic (exact) mass is 312 g/mol. The van der Waals surface area contributed by atoms with E-state index in [1.54, 1.807) is 0 Å². The van der Waals surface area contributed by atoms with Crippen LogP contribution in [0.15, 0.2) is 16.7 Å². The molecular formula is C19H35FNO+. The Hall–Kier alpha value is -0.830. The van der Waals surface area contributed by atoms with Crippen LogP contribution >= 0.6 is 0 Å². The molecule has 2 nitrogen and oxygen atoms in total. The maximum Gasteiger partial charge on any atom is 0.161 e. The molecule has 0 amide bonds. The van der Waals surface area contributed by atoms with Crippen molar-refractivity contribution in [3.63, 3.8) is 0 Å². The Bertz CT molecular complexity index is 387. The van der Waals surface area contributed by atoms with Gasteiger partial charge in [0.2, 0.25) is 0 Å². The Labute approximate surface area is 136 Å². The van der Waals surface area contributed by atoms with Crippen molar-refractivity contribution >= 4 is 0 Å². The number of nitrogens with zero attached hydrogens (tertiary/aromatic N) is 1. The molecule has 1 aromatic rings. The Morgan fingerprint density at radius 3 is 1.95 bits per heavy atom. The highest BCUT2D eigenvalue weighted by atomic mass is 19.1. The first kappa shape index (κ1) is 19.2. The number of rotatable bonds is 13. The van der Waals surface area contributed by atoms with E-state index in [1.807, 2.05) is 0 Å². The van der Waals surface area contributed by atoms with E-state index in [0.29, 0.717) is 0 Å². The summed E-state index contributed by atoms with van der Waals surface area (Å²) in [4.78, 5) is 0. The molecule has 22 heavy (non-hydrogen) atoms. The molecule has 0 aliphatic carbocycles. The van der Waals surface area contributed by atoms with Crippen molar-refractivity contribution in [2.45, 2.75) is 77.7 Å². The lowest BCUT2D eigenvalue weighted by Crippen LogP contribution is -2.39. The summed E-state index contributed by atoms with van der Waals surface area (Å²) in [5.74, 6) is 0.475. The summed E-state index contributed by atoms with van der Waals surface area (Å²) in [5.41, 5.74) is 0. The lowest BCUT2D eigenvalue weighted by Gasteiger charge is -2.28. The third kappa shape index (κ3) is 9.24. The second kappa shape index (κ2) is 10.8. The predicted molar refractivity (Wildman–Crippen MR) is 91.2 cm³/mol. The van der Waals surface area contributed by atoms with Crippen LogP contribution < -0.4 is 0 Å². The smallest absolute Gasteiger partial charge is 0.161 e. The molecule has 0 saturated carbocycles. The second-order valence-corrected chi connectivity index (χ2v) is 7.23. The van der Waals surface area contributed by atoms with Crippen LogP contribution in [-0.4, -0.2) is 25.1 Å². The minimum Gasteiger partial charge on any atom is -0.460 e. The van der Waals surface area contributed by atoms with Crippen molar-refractivity contribution in [2.24, 2.45) is 0 Å². The quantitative estimate of drug-likeness (QED) is 0.326. The standard InChI is InChI=1S/C19H35FNO/c1-4-5-6-7-8-9-10-11-12-13-14-21(2,3)16-19-15-18(20)17-22-19/h15,17H,4-14,16H2,1-3H3/q+1. The van der Waals surface area contributed by atoms with Gasteiger partial charge in [-0.15, -0.1) is 0 Å². The van der Waals surface area contributed by atoms with Crippen LogP contribution in [0.5, 0.6) is 0 Å². The zero-order chi connectivity index (χ0) is 16.3. The Kier molecular flexibility index (Phi) is 9.45. The van der Waals surface area contributed by atoms with Gasteiger partial charge in [0.1, 0.15) is 12.8 Å². The minimum absolute atomic E-state index is 0.270. The lowest BCUT2D eigenvalue weighted by molar-refractivity contribution is -0.904. The second-order valence-electron chi connectivity index (χ2n) is 7.23. The molecule has 3 heteroatoms. The molecule has 0 atom stereocenters. The van der Waals surface area contributed by atoms with Gasteiger partial charge in [-0.25, -0.2) is 4.39 Å². The molecule has 0 spiro atoms. The van der Waals surface area contributed by atoms with E-state index in [2.05, 4.69) is 21.0 Å². The molecule has 0 aliphatic rings. The number of halogens is 1. The van der Waals surface area contributed by atoms with Gasteiger partial charge in [-0.1, -0.05) is 58.3 Å². The van der Waals surface area contributed by atoms with Gasteiger partial charge in [0.15, 0.2) is 11.6 Å². The van der Waals surface area contributed by atoms with Gasteiger partial charge in [-0.3, -0.25) is 0 Å². The highest BCUT2D eigenvalue weighted by Crippen LogP contribution is 2.15. The zero-order valence-electron chi connectivity index (χ0n) is 14.9. The fourth-order valence-corrected chi connectivity index (χ4v) is 2.96. The molecular weight excluding hydrogens is 277 g/mol. The molecule has 1 aromatic heterocycles. The molecule has 0 aliphatic heterocycles. The Balaban J connectivity index is 1.99. The van der Waals surface area contributed by atoms with E-state index in [4.69, 9.17) is 4.42 Å². The van der Waals surface area contributed by atoms with Crippen molar-refractivity contribution in [3.8, 4) is 0 Å². The van der Waals surface area contributed by atoms with Gasteiger partial charge in [0.25, 0.3) is 0 Å². The van der Waals surface area contributed by atoms with Gasteiger partial charge in [-0.05, 0) is 12.8 Å². The van der Waals surface area contributed by atoms with E-state index in [-0.39, 0.29) is 5.82 Å². The highest BCUT2D eigenvalue weighted by molar-refractivity contribution is 4.99. The van der Waals surface area contributed by atoms with Gasteiger partial charge < -0.3 is 8.90 Å². The maximum atomic E-state index is 12.9. The average Bonchev–Trinajstić information content (AvgIpc) is 2.85. The number of unbranched alkanes of at least 4 members (excludes halogenated alkanes) is 9. The van der Waals surface area contributed by atoms with E-state index in [0.717, 1.165) is 23.3 Å². The fraction of sp³-hybridized carbons (Fsp3) is 0.789. The van der Waals surface area contributed by atoms with Crippen molar-refractivity contribution in [2.75, 3.05) is 20.6 Å². The van der Waals surface area contributed by atoms with Crippen LogP contribution in [0.3, 0.4) is 0 Å². The van der Waals surface area contributed by atoms with Crippen LogP contribution in [0, 0.1) is 5.82 Å². The van der Waals surface area contributed by atoms with Gasteiger partial charge in [0.05, 0.1) is 20.6 Å². The number of hydrogen-bond acceptors (Lipinski definition) is 1. The molecule has 0 saturated heterocycles.